The SMILES string of the molecule is CC(C)[C@H](C1CC(N2CC3(CN(C(=O)OC(C)(C)C)C3)C2)C1)N1CC2(CCN(c3ncnnc3Oc3ccc(F)cc3-c3cncnc3C3CC3)C2)C1. The largest absolute Gasteiger partial charge is 0.444 e. The molecule has 2 aromatic heterocycles. The first kappa shape index (κ1) is 34.8. The fraction of sp³-hybridized carbons (Fsp3) is 0.650. The molecular weight excluding hydrogens is 673 g/mol. The highest BCUT2D eigenvalue weighted by atomic mass is 19.1. The zero-order chi connectivity index (χ0) is 36.7. The van der Waals surface area contributed by atoms with Crippen molar-refractivity contribution >= 4 is 11.9 Å². The van der Waals surface area contributed by atoms with Gasteiger partial charge in [-0.1, -0.05) is 13.8 Å². The number of benzene rings is 1. The van der Waals surface area contributed by atoms with E-state index in [9.17, 15) is 9.18 Å². The van der Waals surface area contributed by atoms with E-state index in [-0.39, 0.29) is 22.7 Å². The predicted octanol–water partition coefficient (Wildman–Crippen LogP) is 6.01. The van der Waals surface area contributed by atoms with Gasteiger partial charge in [0.05, 0.1) is 5.69 Å². The Morgan fingerprint density at radius 2 is 1.74 bits per heavy atom. The van der Waals surface area contributed by atoms with E-state index in [4.69, 9.17) is 9.47 Å². The van der Waals surface area contributed by atoms with E-state index in [1.165, 1.54) is 31.3 Å². The van der Waals surface area contributed by atoms with Crippen molar-refractivity contribution < 1.29 is 18.7 Å². The molecule has 1 atom stereocenters. The molecule has 1 aromatic carbocycles. The second-order valence-electron chi connectivity index (χ2n) is 18.4. The highest BCUT2D eigenvalue weighted by Crippen LogP contribution is 2.51. The van der Waals surface area contributed by atoms with Gasteiger partial charge in [0, 0.05) is 98.5 Å². The third-order valence-corrected chi connectivity index (χ3v) is 12.6. The van der Waals surface area contributed by atoms with E-state index < -0.39 is 5.60 Å². The molecule has 0 bridgehead atoms. The number of anilines is 1. The molecule has 13 heteroatoms. The van der Waals surface area contributed by atoms with E-state index >= 15 is 0 Å². The molecule has 4 saturated heterocycles. The minimum atomic E-state index is -0.449. The van der Waals surface area contributed by atoms with Crippen LogP contribution in [0.25, 0.3) is 11.1 Å². The lowest BCUT2D eigenvalue weighted by Gasteiger charge is -2.64. The van der Waals surface area contributed by atoms with Gasteiger partial charge < -0.3 is 19.3 Å². The molecule has 2 saturated carbocycles. The number of likely N-dealkylation sites (tertiary alicyclic amines) is 3. The zero-order valence-corrected chi connectivity index (χ0v) is 31.7. The molecule has 3 aromatic rings. The number of carbonyl (C=O) groups excluding carboxylic acids is 1. The average molecular weight is 726 g/mol. The van der Waals surface area contributed by atoms with Gasteiger partial charge in [-0.2, -0.15) is 0 Å². The summed E-state index contributed by atoms with van der Waals surface area (Å²) in [6.07, 6.45) is 10.4. The first-order valence-electron chi connectivity index (χ1n) is 19.5. The summed E-state index contributed by atoms with van der Waals surface area (Å²) in [5.41, 5.74) is 2.37. The Morgan fingerprint density at radius 3 is 2.45 bits per heavy atom. The Bertz CT molecular complexity index is 1860. The molecule has 6 heterocycles. The number of halogens is 1. The van der Waals surface area contributed by atoms with E-state index in [0.29, 0.717) is 46.9 Å². The highest BCUT2D eigenvalue weighted by molar-refractivity contribution is 5.73. The van der Waals surface area contributed by atoms with Gasteiger partial charge in [0.15, 0.2) is 5.82 Å². The summed E-state index contributed by atoms with van der Waals surface area (Å²) < 4.78 is 26.6. The minimum absolute atomic E-state index is 0.175. The Labute approximate surface area is 311 Å². The van der Waals surface area contributed by atoms with Crippen molar-refractivity contribution in [2.24, 2.45) is 22.7 Å². The van der Waals surface area contributed by atoms with E-state index in [1.807, 2.05) is 25.7 Å². The summed E-state index contributed by atoms with van der Waals surface area (Å²) in [6.45, 7) is 18.4. The number of nitrogens with zero attached hydrogens (tertiary/aromatic N) is 9. The van der Waals surface area contributed by atoms with Crippen LogP contribution >= 0.6 is 0 Å². The number of rotatable bonds is 9. The van der Waals surface area contributed by atoms with Crippen LogP contribution in [-0.2, 0) is 4.74 Å². The highest BCUT2D eigenvalue weighted by Gasteiger charge is 2.58. The van der Waals surface area contributed by atoms with Crippen molar-refractivity contribution in [3.8, 4) is 22.8 Å². The standard InChI is InChI=1S/C40H52FN9O3/c1-25(2)34(27-12-29(13-27)48-19-40(20-48)21-50(22-40)37(51)53-38(3,4)5)49-17-39(18-49)10-11-47(16-39)35-36(46-45-24-44-35)52-32-9-8-28(41)14-30(32)31-15-42-23-43-33(31)26-6-7-26/h8-9,14-15,23-27,29,34H,6-7,10-13,16-22H2,1-5H3/t27?,29?,34-/m1/s1. The van der Waals surface area contributed by atoms with Crippen molar-refractivity contribution in [1.29, 1.82) is 0 Å². The fourth-order valence-corrected chi connectivity index (χ4v) is 10.0. The van der Waals surface area contributed by atoms with Crippen LogP contribution in [0.15, 0.2) is 37.1 Å². The normalized spacial score (nSPS) is 25.5. The summed E-state index contributed by atoms with van der Waals surface area (Å²) in [4.78, 5) is 35.5. The first-order valence-corrected chi connectivity index (χ1v) is 19.5. The smallest absolute Gasteiger partial charge is 0.410 e. The number of carbonyl (C=O) groups is 1. The fourth-order valence-electron chi connectivity index (χ4n) is 10.0. The molecular formula is C40H52FN9O3. The molecule has 0 N–H and O–H groups in total. The van der Waals surface area contributed by atoms with Crippen LogP contribution in [0.2, 0.25) is 0 Å². The van der Waals surface area contributed by atoms with Crippen LogP contribution in [0.3, 0.4) is 0 Å². The molecule has 0 unspecified atom stereocenters. The van der Waals surface area contributed by atoms with Gasteiger partial charge in [0.2, 0.25) is 0 Å². The van der Waals surface area contributed by atoms with Crippen molar-refractivity contribution in [1.82, 2.24) is 39.8 Å². The summed E-state index contributed by atoms with van der Waals surface area (Å²) in [5.74, 6) is 2.81. The monoisotopic (exact) mass is 725 g/mol. The van der Waals surface area contributed by atoms with Crippen molar-refractivity contribution in [3.05, 3.63) is 48.6 Å². The zero-order valence-electron chi connectivity index (χ0n) is 31.7. The summed E-state index contributed by atoms with van der Waals surface area (Å²) in [7, 11) is 0. The van der Waals surface area contributed by atoms with E-state index in [2.05, 4.69) is 53.7 Å². The first-order chi connectivity index (χ1) is 25.4. The Hall–Kier alpha value is -3.97. The molecule has 9 rings (SSSR count). The molecule has 282 valence electrons. The van der Waals surface area contributed by atoms with Gasteiger partial charge in [-0.3, -0.25) is 9.80 Å². The second kappa shape index (κ2) is 12.8. The molecule has 6 aliphatic rings. The minimum Gasteiger partial charge on any atom is -0.444 e. The lowest BCUT2D eigenvalue weighted by molar-refractivity contribution is -0.153. The van der Waals surface area contributed by atoms with Crippen LogP contribution in [0, 0.1) is 28.5 Å². The molecule has 4 aliphatic heterocycles. The number of hydrogen-bond acceptors (Lipinski definition) is 11. The van der Waals surface area contributed by atoms with Crippen molar-refractivity contribution in [2.45, 2.75) is 90.3 Å². The average Bonchev–Trinajstić information content (AvgIpc) is 3.79. The molecule has 53 heavy (non-hydrogen) atoms. The van der Waals surface area contributed by atoms with Crippen LogP contribution in [0.4, 0.5) is 15.0 Å². The lowest BCUT2D eigenvalue weighted by Crippen LogP contribution is -2.75. The second-order valence-corrected chi connectivity index (χ2v) is 18.4. The Kier molecular flexibility index (Phi) is 8.41. The summed E-state index contributed by atoms with van der Waals surface area (Å²) >= 11 is 0. The third-order valence-electron chi connectivity index (χ3n) is 12.6. The van der Waals surface area contributed by atoms with Crippen molar-refractivity contribution in [2.75, 3.05) is 57.3 Å². The van der Waals surface area contributed by atoms with Gasteiger partial charge in [-0.25, -0.2) is 24.1 Å². The molecule has 2 spiro atoms. The topological polar surface area (TPSA) is 113 Å². The van der Waals surface area contributed by atoms with Crippen LogP contribution < -0.4 is 9.64 Å². The summed E-state index contributed by atoms with van der Waals surface area (Å²) in [5, 5.41) is 8.45. The number of ether oxygens (including phenoxy) is 2. The number of hydrogen-bond donors (Lipinski definition) is 0. The Balaban J connectivity index is 0.803. The molecule has 0 radical (unpaired) electrons. The maximum Gasteiger partial charge on any atom is 0.410 e. The van der Waals surface area contributed by atoms with Gasteiger partial charge in [-0.05, 0) is 82.9 Å². The maximum absolute atomic E-state index is 14.6. The van der Waals surface area contributed by atoms with Gasteiger partial charge >= 0.3 is 6.09 Å². The number of amides is 1. The number of aromatic nitrogens is 5. The molecule has 2 aliphatic carbocycles. The van der Waals surface area contributed by atoms with Crippen molar-refractivity contribution in [3.63, 3.8) is 0 Å². The predicted molar refractivity (Wildman–Crippen MR) is 197 cm³/mol. The van der Waals surface area contributed by atoms with Crippen LogP contribution in [0.5, 0.6) is 11.6 Å². The van der Waals surface area contributed by atoms with E-state index in [1.54, 1.807) is 18.6 Å². The molecule has 6 fully saturated rings. The van der Waals surface area contributed by atoms with E-state index in [0.717, 1.165) is 88.8 Å². The van der Waals surface area contributed by atoms with Crippen LogP contribution in [-0.4, -0.2) is 116 Å². The lowest BCUT2D eigenvalue weighted by atomic mass is 9.65. The summed E-state index contributed by atoms with van der Waals surface area (Å²) in [6, 6.07) is 5.79. The van der Waals surface area contributed by atoms with Gasteiger partial charge in [-0.15, -0.1) is 10.2 Å². The molecule has 12 nitrogen and oxygen atoms in total. The van der Waals surface area contributed by atoms with Gasteiger partial charge in [0.1, 0.15) is 29.8 Å². The maximum atomic E-state index is 14.6. The molecule has 1 amide bonds. The third kappa shape index (κ3) is 6.62. The quantitative estimate of drug-likeness (QED) is 0.259. The van der Waals surface area contributed by atoms with Crippen LogP contribution in [0.1, 0.15) is 78.3 Å². The van der Waals surface area contributed by atoms with Gasteiger partial charge in [0.25, 0.3) is 5.88 Å². The Morgan fingerprint density at radius 1 is 0.962 bits per heavy atom.